The Bertz CT molecular complexity index is 455. The molecule has 0 atom stereocenters. The molecule has 0 bridgehead atoms. The van der Waals surface area contributed by atoms with Crippen molar-refractivity contribution in [3.8, 4) is 0 Å². The Labute approximate surface area is 110 Å². The number of rotatable bonds is 1. The number of nitrogens with zero attached hydrogens (tertiary/aromatic N) is 2. The molecule has 18 heavy (non-hydrogen) atoms. The molecule has 2 aromatic rings. The van der Waals surface area contributed by atoms with Crippen molar-refractivity contribution < 1.29 is 0 Å². The molecule has 0 spiro atoms. The highest BCUT2D eigenvalue weighted by molar-refractivity contribution is 5.14. The van der Waals surface area contributed by atoms with E-state index < -0.39 is 0 Å². The third kappa shape index (κ3) is 5.09. The van der Waals surface area contributed by atoms with E-state index >= 15 is 0 Å². The van der Waals surface area contributed by atoms with Gasteiger partial charge in [-0.25, -0.2) is 0 Å². The SMILES string of the molecule is Cc1ccc(C(C)C)nc1.Cc1ccnc(C)c1. The summed E-state index contributed by atoms with van der Waals surface area (Å²) in [6, 6.07) is 8.23. The van der Waals surface area contributed by atoms with Crippen molar-refractivity contribution in [2.45, 2.75) is 40.5 Å². The summed E-state index contributed by atoms with van der Waals surface area (Å²) in [5.41, 5.74) is 4.76. The van der Waals surface area contributed by atoms with Gasteiger partial charge in [-0.2, -0.15) is 0 Å². The maximum absolute atomic E-state index is 4.28. The van der Waals surface area contributed by atoms with Crippen LogP contribution in [0.2, 0.25) is 0 Å². The summed E-state index contributed by atoms with van der Waals surface area (Å²) in [6.07, 6.45) is 3.74. The largest absolute Gasteiger partial charge is 0.262 e. The second-order valence-corrected chi connectivity index (χ2v) is 4.89. The quantitative estimate of drug-likeness (QED) is 0.748. The van der Waals surface area contributed by atoms with Crippen LogP contribution in [-0.2, 0) is 0 Å². The zero-order valence-electron chi connectivity index (χ0n) is 11.9. The van der Waals surface area contributed by atoms with Crippen molar-refractivity contribution in [2.24, 2.45) is 0 Å². The zero-order valence-corrected chi connectivity index (χ0v) is 11.9. The van der Waals surface area contributed by atoms with E-state index in [1.165, 1.54) is 16.8 Å². The van der Waals surface area contributed by atoms with Gasteiger partial charge in [0.05, 0.1) is 0 Å². The molecule has 0 fully saturated rings. The minimum atomic E-state index is 0.542. The molecular formula is C16H22N2. The lowest BCUT2D eigenvalue weighted by atomic mass is 10.1. The average Bonchev–Trinajstić information content (AvgIpc) is 2.30. The summed E-state index contributed by atoms with van der Waals surface area (Å²) >= 11 is 0. The van der Waals surface area contributed by atoms with Crippen LogP contribution in [0, 0.1) is 20.8 Å². The number of hydrogen-bond donors (Lipinski definition) is 0. The molecule has 2 aromatic heterocycles. The lowest BCUT2D eigenvalue weighted by molar-refractivity contribution is 0.821. The minimum absolute atomic E-state index is 0.542. The number of pyridine rings is 2. The fraction of sp³-hybridized carbons (Fsp3) is 0.375. The molecule has 0 aliphatic rings. The first kappa shape index (κ1) is 14.4. The molecule has 0 saturated carbocycles. The molecule has 0 amide bonds. The predicted molar refractivity (Wildman–Crippen MR) is 76.8 cm³/mol. The van der Waals surface area contributed by atoms with Crippen molar-refractivity contribution in [3.05, 3.63) is 59.2 Å². The lowest BCUT2D eigenvalue weighted by Crippen LogP contribution is -1.90. The summed E-state index contributed by atoms with van der Waals surface area (Å²) < 4.78 is 0. The molecule has 0 unspecified atom stereocenters. The molecule has 0 aliphatic heterocycles. The highest BCUT2D eigenvalue weighted by Crippen LogP contribution is 2.10. The average molecular weight is 242 g/mol. The van der Waals surface area contributed by atoms with Crippen LogP contribution in [0.4, 0.5) is 0 Å². The summed E-state index contributed by atoms with van der Waals surface area (Å²) in [5, 5.41) is 0. The van der Waals surface area contributed by atoms with Gasteiger partial charge in [-0.05, 0) is 56.0 Å². The summed E-state index contributed by atoms with van der Waals surface area (Å²) in [7, 11) is 0. The first-order chi connectivity index (χ1) is 8.49. The molecule has 0 N–H and O–H groups in total. The fourth-order valence-corrected chi connectivity index (χ4v) is 1.51. The summed E-state index contributed by atoms with van der Waals surface area (Å²) in [4.78, 5) is 8.32. The lowest BCUT2D eigenvalue weighted by Gasteiger charge is -2.02. The highest BCUT2D eigenvalue weighted by Gasteiger charge is 1.97. The molecule has 0 aromatic carbocycles. The fourth-order valence-electron chi connectivity index (χ4n) is 1.51. The van der Waals surface area contributed by atoms with Crippen LogP contribution < -0.4 is 0 Å². The van der Waals surface area contributed by atoms with Crippen LogP contribution in [0.25, 0.3) is 0 Å². The van der Waals surface area contributed by atoms with E-state index in [1.807, 2.05) is 25.4 Å². The Balaban J connectivity index is 0.000000184. The molecule has 0 aliphatic carbocycles. The molecule has 2 nitrogen and oxygen atoms in total. The normalized spacial score (nSPS) is 9.89. The van der Waals surface area contributed by atoms with Crippen LogP contribution in [-0.4, -0.2) is 9.97 Å². The van der Waals surface area contributed by atoms with Gasteiger partial charge in [0.2, 0.25) is 0 Å². The molecule has 0 saturated heterocycles. The van der Waals surface area contributed by atoms with Crippen molar-refractivity contribution in [2.75, 3.05) is 0 Å². The van der Waals surface area contributed by atoms with Crippen molar-refractivity contribution in [3.63, 3.8) is 0 Å². The van der Waals surface area contributed by atoms with E-state index in [1.54, 1.807) is 0 Å². The maximum Gasteiger partial charge on any atom is 0.0429 e. The number of hydrogen-bond acceptors (Lipinski definition) is 2. The van der Waals surface area contributed by atoms with Gasteiger partial charge in [-0.3, -0.25) is 9.97 Å². The van der Waals surface area contributed by atoms with E-state index in [-0.39, 0.29) is 0 Å². The van der Waals surface area contributed by atoms with Crippen molar-refractivity contribution in [1.82, 2.24) is 9.97 Å². The Morgan fingerprint density at radius 1 is 0.889 bits per heavy atom. The Morgan fingerprint density at radius 2 is 1.61 bits per heavy atom. The molecule has 0 radical (unpaired) electrons. The van der Waals surface area contributed by atoms with E-state index in [2.05, 4.69) is 55.9 Å². The second-order valence-electron chi connectivity index (χ2n) is 4.89. The van der Waals surface area contributed by atoms with E-state index in [0.29, 0.717) is 5.92 Å². The van der Waals surface area contributed by atoms with E-state index in [9.17, 15) is 0 Å². The van der Waals surface area contributed by atoms with Crippen molar-refractivity contribution >= 4 is 0 Å². The minimum Gasteiger partial charge on any atom is -0.262 e. The van der Waals surface area contributed by atoms with Gasteiger partial charge in [0.15, 0.2) is 0 Å². The topological polar surface area (TPSA) is 25.8 Å². The standard InChI is InChI=1S/C9H13N.C7H9N/c1-7(2)9-5-4-8(3)6-10-9;1-6-3-4-8-7(2)5-6/h4-7H,1-3H3;3-5H,1-2H3. The third-order valence-corrected chi connectivity index (χ3v) is 2.58. The highest BCUT2D eigenvalue weighted by atomic mass is 14.7. The second kappa shape index (κ2) is 6.90. The molecular weight excluding hydrogens is 220 g/mol. The smallest absolute Gasteiger partial charge is 0.0429 e. The molecule has 2 heterocycles. The third-order valence-electron chi connectivity index (χ3n) is 2.58. The summed E-state index contributed by atoms with van der Waals surface area (Å²) in [6.45, 7) is 10.4. The zero-order chi connectivity index (χ0) is 13.5. The molecule has 2 heteroatoms. The first-order valence-corrected chi connectivity index (χ1v) is 6.31. The Morgan fingerprint density at radius 3 is 2.00 bits per heavy atom. The molecule has 96 valence electrons. The summed E-state index contributed by atoms with van der Waals surface area (Å²) in [5.74, 6) is 0.542. The number of aryl methyl sites for hydroxylation is 3. The van der Waals surface area contributed by atoms with E-state index in [0.717, 1.165) is 5.69 Å². The van der Waals surface area contributed by atoms with Crippen LogP contribution in [0.3, 0.4) is 0 Å². The van der Waals surface area contributed by atoms with Gasteiger partial charge in [0.1, 0.15) is 0 Å². The molecule has 2 rings (SSSR count). The maximum atomic E-state index is 4.28. The van der Waals surface area contributed by atoms with Crippen LogP contribution >= 0.6 is 0 Å². The van der Waals surface area contributed by atoms with Crippen molar-refractivity contribution in [1.29, 1.82) is 0 Å². The Kier molecular flexibility index (Phi) is 5.50. The van der Waals surface area contributed by atoms with Gasteiger partial charge in [0, 0.05) is 23.8 Å². The van der Waals surface area contributed by atoms with Crippen LogP contribution in [0.15, 0.2) is 36.7 Å². The van der Waals surface area contributed by atoms with Gasteiger partial charge < -0.3 is 0 Å². The van der Waals surface area contributed by atoms with Gasteiger partial charge in [-0.1, -0.05) is 19.9 Å². The van der Waals surface area contributed by atoms with Gasteiger partial charge in [0.25, 0.3) is 0 Å². The Hall–Kier alpha value is -1.70. The van der Waals surface area contributed by atoms with Crippen LogP contribution in [0.1, 0.15) is 42.3 Å². The number of aromatic nitrogens is 2. The van der Waals surface area contributed by atoms with Gasteiger partial charge >= 0.3 is 0 Å². The predicted octanol–water partition coefficient (Wildman–Crippen LogP) is 4.21. The monoisotopic (exact) mass is 242 g/mol. The van der Waals surface area contributed by atoms with E-state index in [4.69, 9.17) is 0 Å². The van der Waals surface area contributed by atoms with Crippen LogP contribution in [0.5, 0.6) is 0 Å². The first-order valence-electron chi connectivity index (χ1n) is 6.31. The van der Waals surface area contributed by atoms with Gasteiger partial charge in [-0.15, -0.1) is 0 Å².